The summed E-state index contributed by atoms with van der Waals surface area (Å²) in [7, 11) is 1.45. The Bertz CT molecular complexity index is 326. The lowest BCUT2D eigenvalue weighted by Crippen LogP contribution is -2.07. The molecule has 0 aliphatic rings. The number of ether oxygens (including phenoxy) is 1. The zero-order valence-electron chi connectivity index (χ0n) is 9.43. The summed E-state index contributed by atoms with van der Waals surface area (Å²) in [5.74, 6) is -0.384. The molecule has 1 aromatic carbocycles. The summed E-state index contributed by atoms with van der Waals surface area (Å²) in [6.45, 7) is 5.32. The van der Waals surface area contributed by atoms with Gasteiger partial charge < -0.3 is 10.1 Å². The normalized spacial score (nSPS) is 8.60. The molecule has 0 aliphatic carbocycles. The van der Waals surface area contributed by atoms with Crippen molar-refractivity contribution < 1.29 is 13.9 Å². The third-order valence-corrected chi connectivity index (χ3v) is 1.49. The Balaban J connectivity index is 0.000000921. The molecule has 0 bridgehead atoms. The molecule has 0 aliphatic heterocycles. The van der Waals surface area contributed by atoms with Gasteiger partial charge in [-0.25, -0.2) is 4.39 Å². The Kier molecular flexibility index (Phi) is 6.09. The Morgan fingerprint density at radius 2 is 2.00 bits per heavy atom. The van der Waals surface area contributed by atoms with Crippen molar-refractivity contribution in [1.29, 1.82) is 0 Å². The van der Waals surface area contributed by atoms with Gasteiger partial charge in [-0.3, -0.25) is 4.79 Å². The fraction of sp³-hybridized carbons (Fsp3) is 0.364. The van der Waals surface area contributed by atoms with Crippen molar-refractivity contribution in [2.75, 3.05) is 12.4 Å². The summed E-state index contributed by atoms with van der Waals surface area (Å²) in [5.41, 5.74) is 0.160. The number of hydrogen-bond donors (Lipinski definition) is 1. The van der Waals surface area contributed by atoms with Crippen LogP contribution >= 0.6 is 0 Å². The second-order valence-corrected chi connectivity index (χ2v) is 2.53. The molecule has 0 heterocycles. The van der Waals surface area contributed by atoms with E-state index in [1.165, 1.54) is 26.2 Å². The Morgan fingerprint density at radius 1 is 1.40 bits per heavy atom. The van der Waals surface area contributed by atoms with Crippen LogP contribution in [0.25, 0.3) is 0 Å². The highest BCUT2D eigenvalue weighted by atomic mass is 19.1. The van der Waals surface area contributed by atoms with E-state index in [0.29, 0.717) is 5.75 Å². The number of nitrogens with one attached hydrogen (secondary N) is 1. The number of benzene rings is 1. The minimum atomic E-state index is -0.505. The maximum atomic E-state index is 13.1. The van der Waals surface area contributed by atoms with Crippen molar-refractivity contribution in [3.8, 4) is 5.75 Å². The molecule has 1 aromatic rings. The molecule has 0 radical (unpaired) electrons. The van der Waals surface area contributed by atoms with E-state index in [1.807, 2.05) is 13.8 Å². The second kappa shape index (κ2) is 6.81. The predicted molar refractivity (Wildman–Crippen MR) is 58.6 cm³/mol. The molecule has 0 saturated carbocycles. The summed E-state index contributed by atoms with van der Waals surface area (Å²) in [6, 6.07) is 4.25. The Labute approximate surface area is 89.3 Å². The van der Waals surface area contributed by atoms with Crippen LogP contribution in [0.2, 0.25) is 0 Å². The molecule has 0 saturated heterocycles. The van der Waals surface area contributed by atoms with Crippen LogP contribution in [0.15, 0.2) is 18.2 Å². The van der Waals surface area contributed by atoms with E-state index in [9.17, 15) is 9.18 Å². The largest absolute Gasteiger partial charge is 0.497 e. The molecule has 15 heavy (non-hydrogen) atoms. The number of anilines is 1. The first-order valence-electron chi connectivity index (χ1n) is 4.74. The van der Waals surface area contributed by atoms with E-state index >= 15 is 0 Å². The molecule has 1 amide bonds. The lowest BCUT2D eigenvalue weighted by atomic mass is 10.3. The smallest absolute Gasteiger partial charge is 0.221 e. The van der Waals surface area contributed by atoms with Crippen molar-refractivity contribution in [1.82, 2.24) is 0 Å². The third kappa shape index (κ3) is 4.44. The van der Waals surface area contributed by atoms with Crippen molar-refractivity contribution in [2.24, 2.45) is 0 Å². The molecule has 0 atom stereocenters. The summed E-state index contributed by atoms with van der Waals surface area (Å²) < 4.78 is 17.9. The zero-order valence-corrected chi connectivity index (χ0v) is 9.43. The Morgan fingerprint density at radius 3 is 2.40 bits per heavy atom. The zero-order chi connectivity index (χ0) is 11.8. The van der Waals surface area contributed by atoms with E-state index in [-0.39, 0.29) is 11.6 Å². The van der Waals surface area contributed by atoms with Gasteiger partial charge in [0.1, 0.15) is 11.6 Å². The van der Waals surface area contributed by atoms with Crippen molar-refractivity contribution in [2.45, 2.75) is 20.8 Å². The van der Waals surface area contributed by atoms with Gasteiger partial charge in [-0.05, 0) is 12.1 Å². The molecular formula is C11H16FNO2. The number of methoxy groups -OCH3 is 1. The van der Waals surface area contributed by atoms with Crippen molar-refractivity contribution in [3.63, 3.8) is 0 Å². The predicted octanol–water partition coefficient (Wildman–Crippen LogP) is 2.82. The molecule has 1 rings (SSSR count). The standard InChI is InChI=1S/C9H10FNO2.C2H6/c1-6(12)11-9-4-3-7(13-2)5-8(9)10;1-2/h3-5H,1-2H3,(H,11,12);1-2H3. The Hall–Kier alpha value is -1.58. The van der Waals surface area contributed by atoms with Gasteiger partial charge in [0.05, 0.1) is 12.8 Å². The average Bonchev–Trinajstić information content (AvgIpc) is 2.23. The SMILES string of the molecule is CC.COc1ccc(NC(C)=O)c(F)c1. The van der Waals surface area contributed by atoms with Crippen LogP contribution < -0.4 is 10.1 Å². The van der Waals surface area contributed by atoms with Gasteiger partial charge in [0.2, 0.25) is 5.91 Å². The third-order valence-electron chi connectivity index (χ3n) is 1.49. The van der Waals surface area contributed by atoms with Gasteiger partial charge in [-0.2, -0.15) is 0 Å². The molecule has 1 N–H and O–H groups in total. The van der Waals surface area contributed by atoms with Gasteiger partial charge >= 0.3 is 0 Å². The number of amides is 1. The molecule has 0 aromatic heterocycles. The maximum Gasteiger partial charge on any atom is 0.221 e. The molecule has 84 valence electrons. The number of rotatable bonds is 2. The van der Waals surface area contributed by atoms with Crippen LogP contribution in [-0.4, -0.2) is 13.0 Å². The van der Waals surface area contributed by atoms with Crippen LogP contribution in [0.5, 0.6) is 5.75 Å². The highest BCUT2D eigenvalue weighted by Crippen LogP contribution is 2.19. The topological polar surface area (TPSA) is 38.3 Å². The molecule has 0 spiro atoms. The van der Waals surface area contributed by atoms with E-state index in [0.717, 1.165) is 0 Å². The lowest BCUT2D eigenvalue weighted by Gasteiger charge is -2.05. The summed E-state index contributed by atoms with van der Waals surface area (Å²) in [6.07, 6.45) is 0. The van der Waals surface area contributed by atoms with Crippen molar-refractivity contribution in [3.05, 3.63) is 24.0 Å². The number of halogens is 1. The average molecular weight is 213 g/mol. The van der Waals surface area contributed by atoms with E-state index in [4.69, 9.17) is 4.74 Å². The molecule has 4 heteroatoms. The highest BCUT2D eigenvalue weighted by molar-refractivity contribution is 5.88. The van der Waals surface area contributed by atoms with Gasteiger partial charge in [-0.15, -0.1) is 0 Å². The summed E-state index contributed by atoms with van der Waals surface area (Å²) >= 11 is 0. The van der Waals surface area contributed by atoms with Gasteiger partial charge in [-0.1, -0.05) is 13.8 Å². The van der Waals surface area contributed by atoms with Crippen LogP contribution in [-0.2, 0) is 4.79 Å². The second-order valence-electron chi connectivity index (χ2n) is 2.53. The number of carbonyl (C=O) groups excluding carboxylic acids is 1. The molecular weight excluding hydrogens is 197 g/mol. The van der Waals surface area contributed by atoms with Crippen LogP contribution in [0.4, 0.5) is 10.1 Å². The summed E-state index contributed by atoms with van der Waals surface area (Å²) in [4.78, 5) is 10.6. The fourth-order valence-electron chi connectivity index (χ4n) is 0.914. The van der Waals surface area contributed by atoms with Crippen molar-refractivity contribution >= 4 is 11.6 Å². The number of hydrogen-bond acceptors (Lipinski definition) is 2. The minimum Gasteiger partial charge on any atom is -0.497 e. The van der Waals surface area contributed by atoms with Gasteiger partial charge in [0.15, 0.2) is 0 Å². The molecule has 0 fully saturated rings. The first-order valence-corrected chi connectivity index (χ1v) is 4.74. The van der Waals surface area contributed by atoms with Gasteiger partial charge in [0.25, 0.3) is 0 Å². The van der Waals surface area contributed by atoms with E-state index in [1.54, 1.807) is 6.07 Å². The van der Waals surface area contributed by atoms with E-state index in [2.05, 4.69) is 5.32 Å². The van der Waals surface area contributed by atoms with E-state index < -0.39 is 5.82 Å². The molecule has 0 unspecified atom stereocenters. The quantitative estimate of drug-likeness (QED) is 0.820. The molecule has 3 nitrogen and oxygen atoms in total. The lowest BCUT2D eigenvalue weighted by molar-refractivity contribution is -0.114. The summed E-state index contributed by atoms with van der Waals surface area (Å²) in [5, 5.41) is 2.35. The maximum absolute atomic E-state index is 13.1. The highest BCUT2D eigenvalue weighted by Gasteiger charge is 2.04. The monoisotopic (exact) mass is 213 g/mol. The first kappa shape index (κ1) is 13.4. The first-order chi connectivity index (χ1) is 7.13. The van der Waals surface area contributed by atoms with Crippen LogP contribution in [0.1, 0.15) is 20.8 Å². The van der Waals surface area contributed by atoms with Crippen LogP contribution in [0.3, 0.4) is 0 Å². The van der Waals surface area contributed by atoms with Crippen LogP contribution in [0, 0.1) is 5.82 Å². The fourth-order valence-corrected chi connectivity index (χ4v) is 0.914. The van der Waals surface area contributed by atoms with Gasteiger partial charge in [0, 0.05) is 13.0 Å². The number of carbonyl (C=O) groups is 1. The minimum absolute atomic E-state index is 0.160.